The van der Waals surface area contributed by atoms with Gasteiger partial charge in [-0.05, 0) is 36.6 Å². The topological polar surface area (TPSA) is 36.4 Å². The van der Waals surface area contributed by atoms with E-state index in [9.17, 15) is 5.11 Å². The van der Waals surface area contributed by atoms with Crippen molar-refractivity contribution in [3.63, 3.8) is 0 Å². The highest BCUT2D eigenvalue weighted by Gasteiger charge is 2.07. The summed E-state index contributed by atoms with van der Waals surface area (Å²) >= 11 is 0. The first-order valence-electron chi connectivity index (χ1n) is 7.49. The van der Waals surface area contributed by atoms with Gasteiger partial charge in [0.25, 0.3) is 0 Å². The summed E-state index contributed by atoms with van der Waals surface area (Å²) in [7, 11) is 2.04. The minimum absolute atomic E-state index is 0.0600. The van der Waals surface area contributed by atoms with Gasteiger partial charge in [0.1, 0.15) is 5.82 Å². The summed E-state index contributed by atoms with van der Waals surface area (Å²) in [6.45, 7) is 5.12. The number of benzene rings is 1. The molecular weight excluding hydrogens is 260 g/mol. The lowest BCUT2D eigenvalue weighted by atomic mass is 10.1. The van der Waals surface area contributed by atoms with Crippen LogP contribution in [0, 0.1) is 6.92 Å². The Kier molecular flexibility index (Phi) is 5.34. The number of pyridine rings is 1. The van der Waals surface area contributed by atoms with E-state index in [0.717, 1.165) is 36.5 Å². The summed E-state index contributed by atoms with van der Waals surface area (Å²) in [5.41, 5.74) is 4.52. The maximum atomic E-state index is 9.42. The Bertz CT molecular complexity index is 596. The van der Waals surface area contributed by atoms with Crippen LogP contribution in [-0.2, 0) is 19.6 Å². The lowest BCUT2D eigenvalue weighted by molar-refractivity contribution is 0.281. The molecule has 1 aromatic carbocycles. The molecule has 0 aliphatic rings. The fraction of sp³-hybridized carbons (Fsp3) is 0.389. The number of hydrogen-bond donors (Lipinski definition) is 1. The molecule has 0 saturated carbocycles. The number of aromatic nitrogens is 1. The van der Waals surface area contributed by atoms with Crippen molar-refractivity contribution in [2.45, 2.75) is 39.8 Å². The van der Waals surface area contributed by atoms with Crippen molar-refractivity contribution in [1.82, 2.24) is 4.98 Å². The van der Waals surface area contributed by atoms with Gasteiger partial charge in [-0.15, -0.1) is 0 Å². The lowest BCUT2D eigenvalue weighted by Crippen LogP contribution is -2.18. The van der Waals surface area contributed by atoms with Gasteiger partial charge in [-0.25, -0.2) is 4.98 Å². The molecule has 2 aromatic rings. The van der Waals surface area contributed by atoms with Gasteiger partial charge < -0.3 is 10.0 Å². The van der Waals surface area contributed by atoms with E-state index in [2.05, 4.69) is 43.0 Å². The van der Waals surface area contributed by atoms with Gasteiger partial charge in [-0.1, -0.05) is 43.2 Å². The fourth-order valence-corrected chi connectivity index (χ4v) is 2.47. The number of aliphatic hydroxyl groups excluding tert-OH is 1. The number of anilines is 1. The molecule has 0 fully saturated rings. The summed E-state index contributed by atoms with van der Waals surface area (Å²) in [5.74, 6) is 0.923. The van der Waals surface area contributed by atoms with Gasteiger partial charge in [0.05, 0.1) is 6.61 Å². The molecule has 112 valence electrons. The van der Waals surface area contributed by atoms with Crippen molar-refractivity contribution in [2.24, 2.45) is 0 Å². The van der Waals surface area contributed by atoms with Crippen LogP contribution >= 0.6 is 0 Å². The molecule has 0 aliphatic carbocycles. The Morgan fingerprint density at radius 2 is 1.95 bits per heavy atom. The molecule has 0 saturated heterocycles. The van der Waals surface area contributed by atoms with Crippen molar-refractivity contribution in [2.75, 3.05) is 11.9 Å². The monoisotopic (exact) mass is 284 g/mol. The van der Waals surface area contributed by atoms with Crippen molar-refractivity contribution < 1.29 is 5.11 Å². The van der Waals surface area contributed by atoms with Crippen LogP contribution in [0.5, 0.6) is 0 Å². The summed E-state index contributed by atoms with van der Waals surface area (Å²) in [4.78, 5) is 6.84. The summed E-state index contributed by atoms with van der Waals surface area (Å²) in [6, 6.07) is 12.5. The minimum Gasteiger partial charge on any atom is -0.392 e. The van der Waals surface area contributed by atoms with Gasteiger partial charge >= 0.3 is 0 Å². The third-order valence-corrected chi connectivity index (χ3v) is 3.51. The average Bonchev–Trinajstić information content (AvgIpc) is 2.47. The van der Waals surface area contributed by atoms with Crippen LogP contribution in [0.4, 0.5) is 5.82 Å². The van der Waals surface area contributed by atoms with E-state index < -0.39 is 0 Å². The van der Waals surface area contributed by atoms with Crippen LogP contribution in [-0.4, -0.2) is 17.1 Å². The molecule has 0 aliphatic heterocycles. The second-order valence-corrected chi connectivity index (χ2v) is 5.58. The molecule has 1 aromatic heterocycles. The lowest BCUT2D eigenvalue weighted by Gasteiger charge is -2.20. The number of hydrogen-bond acceptors (Lipinski definition) is 3. The zero-order chi connectivity index (χ0) is 15.2. The summed E-state index contributed by atoms with van der Waals surface area (Å²) in [5, 5.41) is 9.42. The molecule has 2 rings (SSSR count). The maximum absolute atomic E-state index is 9.42. The molecule has 21 heavy (non-hydrogen) atoms. The zero-order valence-electron chi connectivity index (χ0n) is 13.1. The van der Waals surface area contributed by atoms with Crippen molar-refractivity contribution >= 4 is 5.82 Å². The quantitative estimate of drug-likeness (QED) is 0.882. The Morgan fingerprint density at radius 1 is 1.14 bits per heavy atom. The van der Waals surface area contributed by atoms with Crippen LogP contribution in [0.2, 0.25) is 0 Å². The number of nitrogens with zero attached hydrogens (tertiary/aromatic N) is 2. The Hall–Kier alpha value is -1.87. The molecule has 0 radical (unpaired) electrons. The average molecular weight is 284 g/mol. The van der Waals surface area contributed by atoms with Gasteiger partial charge in [-0.3, -0.25) is 0 Å². The fourth-order valence-electron chi connectivity index (χ4n) is 2.47. The van der Waals surface area contributed by atoms with E-state index in [4.69, 9.17) is 4.98 Å². The van der Waals surface area contributed by atoms with Crippen LogP contribution in [0.3, 0.4) is 0 Å². The molecular formula is C18H24N2O. The number of rotatable bonds is 6. The molecule has 1 heterocycles. The highest BCUT2D eigenvalue weighted by molar-refractivity contribution is 5.43. The first-order chi connectivity index (χ1) is 10.1. The Morgan fingerprint density at radius 3 is 2.62 bits per heavy atom. The molecule has 3 heteroatoms. The molecule has 0 spiro atoms. The van der Waals surface area contributed by atoms with Crippen molar-refractivity contribution in [3.8, 4) is 0 Å². The van der Waals surface area contributed by atoms with Crippen LogP contribution < -0.4 is 4.90 Å². The summed E-state index contributed by atoms with van der Waals surface area (Å²) < 4.78 is 0. The molecule has 0 unspecified atom stereocenters. The predicted octanol–water partition coefficient (Wildman–Crippen LogP) is 3.47. The minimum atomic E-state index is 0.0600. The molecule has 0 atom stereocenters. The highest BCUT2D eigenvalue weighted by atomic mass is 16.3. The Balaban J connectivity index is 2.21. The third-order valence-electron chi connectivity index (χ3n) is 3.51. The molecule has 0 bridgehead atoms. The van der Waals surface area contributed by atoms with E-state index in [1.165, 1.54) is 11.1 Å². The van der Waals surface area contributed by atoms with Gasteiger partial charge in [0.15, 0.2) is 0 Å². The first-order valence-corrected chi connectivity index (χ1v) is 7.49. The van der Waals surface area contributed by atoms with E-state index in [0.29, 0.717) is 0 Å². The Labute approximate surface area is 127 Å². The van der Waals surface area contributed by atoms with E-state index in [1.54, 1.807) is 0 Å². The third kappa shape index (κ3) is 4.30. The zero-order valence-corrected chi connectivity index (χ0v) is 13.1. The van der Waals surface area contributed by atoms with Gasteiger partial charge in [0.2, 0.25) is 0 Å². The normalized spacial score (nSPS) is 10.7. The standard InChI is InChI=1S/C18H24N2O/c1-4-6-17-10-16(13-21)11-18(19-17)20(3)12-15-8-5-7-14(2)9-15/h5,7-11,21H,4,6,12-13H2,1-3H3. The molecule has 1 N–H and O–H groups in total. The van der Waals surface area contributed by atoms with E-state index in [1.807, 2.05) is 19.2 Å². The second kappa shape index (κ2) is 7.23. The number of aryl methyl sites for hydroxylation is 2. The predicted molar refractivity (Wildman–Crippen MR) is 87.4 cm³/mol. The van der Waals surface area contributed by atoms with E-state index >= 15 is 0 Å². The smallest absolute Gasteiger partial charge is 0.129 e. The SMILES string of the molecule is CCCc1cc(CO)cc(N(C)Cc2cccc(C)c2)n1. The largest absolute Gasteiger partial charge is 0.392 e. The van der Waals surface area contributed by atoms with Crippen LogP contribution in [0.1, 0.15) is 35.7 Å². The second-order valence-electron chi connectivity index (χ2n) is 5.58. The first kappa shape index (κ1) is 15.5. The van der Waals surface area contributed by atoms with Crippen LogP contribution in [0.25, 0.3) is 0 Å². The van der Waals surface area contributed by atoms with Crippen molar-refractivity contribution in [1.29, 1.82) is 0 Å². The van der Waals surface area contributed by atoms with Crippen molar-refractivity contribution in [3.05, 3.63) is 58.8 Å². The summed E-state index contributed by atoms with van der Waals surface area (Å²) in [6.07, 6.45) is 2.00. The highest BCUT2D eigenvalue weighted by Crippen LogP contribution is 2.18. The van der Waals surface area contributed by atoms with E-state index in [-0.39, 0.29) is 6.61 Å². The number of aliphatic hydroxyl groups is 1. The van der Waals surface area contributed by atoms with Gasteiger partial charge in [-0.2, -0.15) is 0 Å². The molecule has 0 amide bonds. The van der Waals surface area contributed by atoms with Crippen LogP contribution in [0.15, 0.2) is 36.4 Å². The molecule has 3 nitrogen and oxygen atoms in total. The maximum Gasteiger partial charge on any atom is 0.129 e. The van der Waals surface area contributed by atoms with Gasteiger partial charge in [0, 0.05) is 19.3 Å².